The molecule has 128 valence electrons. The van der Waals surface area contributed by atoms with Gasteiger partial charge in [0.1, 0.15) is 0 Å². The van der Waals surface area contributed by atoms with E-state index in [0.717, 1.165) is 10.0 Å². The third kappa shape index (κ3) is 6.60. The van der Waals surface area contributed by atoms with E-state index in [1.54, 1.807) is 30.3 Å². The molecule has 7 heteroatoms. The Morgan fingerprint density at radius 1 is 0.960 bits per heavy atom. The van der Waals surface area contributed by atoms with Gasteiger partial charge in [0, 0.05) is 16.1 Å². The van der Waals surface area contributed by atoms with Crippen molar-refractivity contribution in [3.8, 4) is 0 Å². The van der Waals surface area contributed by atoms with Crippen molar-refractivity contribution in [3.05, 3.63) is 76.3 Å². The molecule has 0 unspecified atom stereocenters. The van der Waals surface area contributed by atoms with Gasteiger partial charge in [-0.2, -0.15) is 0 Å². The Morgan fingerprint density at radius 3 is 2.32 bits per heavy atom. The van der Waals surface area contributed by atoms with Gasteiger partial charge < -0.3 is 4.74 Å². The molecule has 0 saturated heterocycles. The smallest absolute Gasteiger partial charge is 0.331 e. The summed E-state index contributed by atoms with van der Waals surface area (Å²) in [5.74, 6) is -1.78. The largest absolute Gasteiger partial charge is 0.452 e. The highest BCUT2D eigenvalue weighted by Gasteiger charge is 2.08. The molecule has 2 aromatic carbocycles. The Bertz CT molecular complexity index is 773. The molecule has 25 heavy (non-hydrogen) atoms. The molecular weight excluding hydrogens is 388 g/mol. The summed E-state index contributed by atoms with van der Waals surface area (Å²) < 4.78 is 5.62. The zero-order valence-corrected chi connectivity index (χ0v) is 14.7. The summed E-state index contributed by atoms with van der Waals surface area (Å²) in [6.07, 6.45) is 2.80. The van der Waals surface area contributed by atoms with Gasteiger partial charge in [0.05, 0.1) is 0 Å². The molecule has 0 aromatic heterocycles. The molecule has 0 heterocycles. The number of carbonyl (C=O) groups excluding carboxylic acids is 3. The normalized spacial score (nSPS) is 10.3. The first-order valence-corrected chi connectivity index (χ1v) is 8.08. The maximum Gasteiger partial charge on any atom is 0.331 e. The number of benzene rings is 2. The number of amides is 2. The number of halogens is 1. The maximum atomic E-state index is 11.8. The molecule has 0 fully saturated rings. The van der Waals surface area contributed by atoms with E-state index in [-0.39, 0.29) is 0 Å². The Labute approximate surface area is 153 Å². The molecular formula is C18H15BrN2O4. The fourth-order valence-electron chi connectivity index (χ4n) is 1.75. The van der Waals surface area contributed by atoms with Crippen LogP contribution in [-0.2, 0) is 14.3 Å². The minimum Gasteiger partial charge on any atom is -0.452 e. The monoisotopic (exact) mass is 402 g/mol. The van der Waals surface area contributed by atoms with Gasteiger partial charge in [-0.3, -0.25) is 20.4 Å². The van der Waals surface area contributed by atoms with Crippen molar-refractivity contribution in [2.24, 2.45) is 0 Å². The van der Waals surface area contributed by atoms with Gasteiger partial charge in [-0.15, -0.1) is 0 Å². The number of esters is 1. The topological polar surface area (TPSA) is 84.5 Å². The van der Waals surface area contributed by atoms with Crippen LogP contribution >= 0.6 is 15.9 Å². The number of hydrogen-bond acceptors (Lipinski definition) is 4. The number of ether oxygens (including phenoxy) is 1. The van der Waals surface area contributed by atoms with E-state index >= 15 is 0 Å². The Balaban J connectivity index is 1.71. The van der Waals surface area contributed by atoms with E-state index in [1.807, 2.05) is 30.3 Å². The van der Waals surface area contributed by atoms with Crippen LogP contribution in [-0.4, -0.2) is 24.4 Å². The van der Waals surface area contributed by atoms with Crippen LogP contribution in [0.25, 0.3) is 6.08 Å². The van der Waals surface area contributed by atoms with Crippen molar-refractivity contribution >= 4 is 39.8 Å². The lowest BCUT2D eigenvalue weighted by molar-refractivity contribution is -0.144. The van der Waals surface area contributed by atoms with Gasteiger partial charge in [0.15, 0.2) is 6.61 Å². The molecule has 2 rings (SSSR count). The highest BCUT2D eigenvalue weighted by molar-refractivity contribution is 9.10. The van der Waals surface area contributed by atoms with Crippen molar-refractivity contribution < 1.29 is 19.1 Å². The van der Waals surface area contributed by atoms with Crippen LogP contribution in [0.4, 0.5) is 0 Å². The molecule has 0 spiro atoms. The summed E-state index contributed by atoms with van der Waals surface area (Å²) in [4.78, 5) is 34.9. The molecule has 0 aliphatic carbocycles. The second kappa shape index (κ2) is 9.39. The molecule has 2 N–H and O–H groups in total. The first-order chi connectivity index (χ1) is 12.0. The lowest BCUT2D eigenvalue weighted by Crippen LogP contribution is -2.43. The Morgan fingerprint density at radius 2 is 1.64 bits per heavy atom. The lowest BCUT2D eigenvalue weighted by Gasteiger charge is -2.07. The van der Waals surface area contributed by atoms with Crippen LogP contribution in [0.1, 0.15) is 15.9 Å². The summed E-state index contributed by atoms with van der Waals surface area (Å²) in [6, 6.07) is 15.8. The number of hydrazine groups is 1. The lowest BCUT2D eigenvalue weighted by atomic mass is 10.2. The van der Waals surface area contributed by atoms with Gasteiger partial charge in [0.25, 0.3) is 11.8 Å². The summed E-state index contributed by atoms with van der Waals surface area (Å²) >= 11 is 3.26. The van der Waals surface area contributed by atoms with Crippen LogP contribution in [0.5, 0.6) is 0 Å². The summed E-state index contributed by atoms with van der Waals surface area (Å²) in [6.45, 7) is -0.501. The van der Waals surface area contributed by atoms with Crippen molar-refractivity contribution in [2.45, 2.75) is 0 Å². The quantitative estimate of drug-likeness (QED) is 0.457. The van der Waals surface area contributed by atoms with Crippen LogP contribution < -0.4 is 10.9 Å². The molecule has 0 saturated carbocycles. The van der Waals surface area contributed by atoms with Gasteiger partial charge >= 0.3 is 5.97 Å². The van der Waals surface area contributed by atoms with Crippen molar-refractivity contribution in [1.29, 1.82) is 0 Å². The van der Waals surface area contributed by atoms with E-state index in [1.165, 1.54) is 6.08 Å². The SMILES string of the molecule is O=C(COC(=O)/C=C/c1ccccc1)NNC(=O)c1ccc(Br)cc1. The highest BCUT2D eigenvalue weighted by atomic mass is 79.9. The molecule has 0 atom stereocenters. The van der Waals surface area contributed by atoms with E-state index in [4.69, 9.17) is 4.74 Å². The standard InChI is InChI=1S/C18H15BrN2O4/c19-15-9-7-14(8-10-15)18(24)21-20-16(22)12-25-17(23)11-6-13-4-2-1-3-5-13/h1-11H,12H2,(H,20,22)(H,21,24)/b11-6+. The number of hydrogen-bond donors (Lipinski definition) is 2. The number of rotatable bonds is 5. The van der Waals surface area contributed by atoms with Crippen LogP contribution in [0, 0.1) is 0 Å². The third-order valence-corrected chi connectivity index (χ3v) is 3.51. The zero-order chi connectivity index (χ0) is 18.1. The van der Waals surface area contributed by atoms with E-state index in [9.17, 15) is 14.4 Å². The first kappa shape index (κ1) is 18.4. The predicted octanol–water partition coefficient (Wildman–Crippen LogP) is 2.47. The fourth-order valence-corrected chi connectivity index (χ4v) is 2.01. The Kier molecular flexibility index (Phi) is 6.91. The van der Waals surface area contributed by atoms with E-state index < -0.39 is 24.4 Å². The third-order valence-electron chi connectivity index (χ3n) is 2.98. The number of carbonyl (C=O) groups is 3. The number of nitrogens with one attached hydrogen (secondary N) is 2. The second-order valence-electron chi connectivity index (χ2n) is 4.86. The minimum atomic E-state index is -0.654. The molecule has 0 aliphatic rings. The van der Waals surface area contributed by atoms with Gasteiger partial charge in [-0.1, -0.05) is 46.3 Å². The molecule has 0 radical (unpaired) electrons. The van der Waals surface area contributed by atoms with Crippen molar-refractivity contribution in [3.63, 3.8) is 0 Å². The average Bonchev–Trinajstić information content (AvgIpc) is 2.64. The predicted molar refractivity (Wildman–Crippen MR) is 96.2 cm³/mol. The minimum absolute atomic E-state index is 0.381. The first-order valence-electron chi connectivity index (χ1n) is 7.29. The van der Waals surface area contributed by atoms with E-state index in [0.29, 0.717) is 5.56 Å². The summed E-state index contributed by atoms with van der Waals surface area (Å²) in [7, 11) is 0. The average molecular weight is 403 g/mol. The van der Waals surface area contributed by atoms with Crippen molar-refractivity contribution in [1.82, 2.24) is 10.9 Å². The van der Waals surface area contributed by atoms with Gasteiger partial charge in [-0.25, -0.2) is 4.79 Å². The molecule has 2 amide bonds. The maximum absolute atomic E-state index is 11.8. The van der Waals surface area contributed by atoms with Crippen LogP contribution in [0.3, 0.4) is 0 Å². The summed E-state index contributed by atoms with van der Waals surface area (Å²) in [5, 5.41) is 0. The fraction of sp³-hybridized carbons (Fsp3) is 0.0556. The Hall–Kier alpha value is -2.93. The van der Waals surface area contributed by atoms with Gasteiger partial charge in [-0.05, 0) is 35.9 Å². The molecule has 2 aromatic rings. The van der Waals surface area contributed by atoms with E-state index in [2.05, 4.69) is 26.8 Å². The second-order valence-corrected chi connectivity index (χ2v) is 5.78. The summed E-state index contributed by atoms with van der Waals surface area (Å²) in [5.41, 5.74) is 5.63. The van der Waals surface area contributed by atoms with Gasteiger partial charge in [0.2, 0.25) is 0 Å². The molecule has 0 bridgehead atoms. The highest BCUT2D eigenvalue weighted by Crippen LogP contribution is 2.10. The molecule has 6 nitrogen and oxygen atoms in total. The van der Waals surface area contributed by atoms with Crippen LogP contribution in [0.15, 0.2) is 65.1 Å². The molecule has 0 aliphatic heterocycles. The van der Waals surface area contributed by atoms with Crippen molar-refractivity contribution in [2.75, 3.05) is 6.61 Å². The van der Waals surface area contributed by atoms with Crippen LogP contribution in [0.2, 0.25) is 0 Å². The zero-order valence-electron chi connectivity index (χ0n) is 13.1.